The van der Waals surface area contributed by atoms with E-state index in [1.165, 1.54) is 6.42 Å². The highest BCUT2D eigenvalue weighted by Gasteiger charge is 2.25. The summed E-state index contributed by atoms with van der Waals surface area (Å²) in [5, 5.41) is 3.41. The summed E-state index contributed by atoms with van der Waals surface area (Å²) in [7, 11) is 0. The minimum Gasteiger partial charge on any atom is -0.327 e. The lowest BCUT2D eigenvalue weighted by atomic mass is 9.79. The Hall–Kier alpha value is -0.0800. The molecule has 0 spiro atoms. The summed E-state index contributed by atoms with van der Waals surface area (Å²) in [6.07, 6.45) is 2.38. The topological polar surface area (TPSA) is 38.0 Å². The molecule has 2 unspecified atom stereocenters. The Morgan fingerprint density at radius 1 is 1.42 bits per heavy atom. The van der Waals surface area contributed by atoms with Crippen LogP contribution in [0.25, 0.3) is 0 Å². The predicted molar refractivity (Wildman–Crippen MR) is 53.0 cm³/mol. The van der Waals surface area contributed by atoms with Crippen molar-refractivity contribution < 1.29 is 0 Å². The van der Waals surface area contributed by atoms with Crippen LogP contribution in [-0.2, 0) is 0 Å². The van der Waals surface area contributed by atoms with Crippen LogP contribution in [-0.4, -0.2) is 19.1 Å². The SMILES string of the molecule is CC(C)(C)CC1CNCCC1N. The molecule has 0 radical (unpaired) electrons. The number of nitrogens with one attached hydrogen (secondary N) is 1. The zero-order chi connectivity index (χ0) is 9.19. The molecular weight excluding hydrogens is 148 g/mol. The Morgan fingerprint density at radius 2 is 2.08 bits per heavy atom. The zero-order valence-corrected chi connectivity index (χ0v) is 8.56. The highest BCUT2D eigenvalue weighted by Crippen LogP contribution is 2.27. The van der Waals surface area contributed by atoms with Gasteiger partial charge in [0.15, 0.2) is 0 Å². The Balaban J connectivity index is 2.39. The highest BCUT2D eigenvalue weighted by molar-refractivity contribution is 4.83. The normalized spacial score (nSPS) is 32.0. The van der Waals surface area contributed by atoms with Crippen molar-refractivity contribution in [1.82, 2.24) is 5.32 Å². The van der Waals surface area contributed by atoms with Gasteiger partial charge in [-0.25, -0.2) is 0 Å². The van der Waals surface area contributed by atoms with Crippen molar-refractivity contribution >= 4 is 0 Å². The fourth-order valence-electron chi connectivity index (χ4n) is 1.95. The maximum Gasteiger partial charge on any atom is 0.00915 e. The lowest BCUT2D eigenvalue weighted by Crippen LogP contribution is -2.45. The van der Waals surface area contributed by atoms with Crippen LogP contribution in [0.4, 0.5) is 0 Å². The quantitative estimate of drug-likeness (QED) is 0.623. The molecule has 2 atom stereocenters. The Bertz CT molecular complexity index is 137. The maximum atomic E-state index is 6.05. The summed E-state index contributed by atoms with van der Waals surface area (Å²) in [4.78, 5) is 0. The molecule has 0 amide bonds. The van der Waals surface area contributed by atoms with Crippen LogP contribution >= 0.6 is 0 Å². The molecule has 1 rings (SSSR count). The van der Waals surface area contributed by atoms with E-state index in [-0.39, 0.29) is 0 Å². The van der Waals surface area contributed by atoms with Crippen LogP contribution in [0.2, 0.25) is 0 Å². The first-order chi connectivity index (χ1) is 5.49. The Kier molecular flexibility index (Phi) is 3.13. The first-order valence-electron chi connectivity index (χ1n) is 4.95. The third-order valence-electron chi connectivity index (χ3n) is 2.54. The van der Waals surface area contributed by atoms with Crippen molar-refractivity contribution in [3.05, 3.63) is 0 Å². The molecule has 1 fully saturated rings. The van der Waals surface area contributed by atoms with Gasteiger partial charge < -0.3 is 11.1 Å². The van der Waals surface area contributed by atoms with Gasteiger partial charge in [-0.05, 0) is 37.3 Å². The van der Waals surface area contributed by atoms with E-state index < -0.39 is 0 Å². The predicted octanol–water partition coefficient (Wildman–Crippen LogP) is 1.36. The van der Waals surface area contributed by atoms with Gasteiger partial charge in [0.1, 0.15) is 0 Å². The summed E-state index contributed by atoms with van der Waals surface area (Å²) < 4.78 is 0. The van der Waals surface area contributed by atoms with E-state index in [2.05, 4.69) is 26.1 Å². The van der Waals surface area contributed by atoms with E-state index in [4.69, 9.17) is 5.73 Å². The fourth-order valence-corrected chi connectivity index (χ4v) is 1.95. The number of hydrogen-bond acceptors (Lipinski definition) is 2. The summed E-state index contributed by atoms with van der Waals surface area (Å²) >= 11 is 0. The molecule has 1 aliphatic heterocycles. The van der Waals surface area contributed by atoms with Gasteiger partial charge >= 0.3 is 0 Å². The van der Waals surface area contributed by atoms with Crippen molar-refractivity contribution in [3.8, 4) is 0 Å². The van der Waals surface area contributed by atoms with Crippen LogP contribution in [0.5, 0.6) is 0 Å². The van der Waals surface area contributed by atoms with Gasteiger partial charge in [-0.2, -0.15) is 0 Å². The maximum absolute atomic E-state index is 6.05. The molecule has 0 saturated carbocycles. The van der Waals surface area contributed by atoms with Gasteiger partial charge in [0.05, 0.1) is 0 Å². The van der Waals surface area contributed by atoms with E-state index in [1.54, 1.807) is 0 Å². The molecule has 1 saturated heterocycles. The Morgan fingerprint density at radius 3 is 2.58 bits per heavy atom. The lowest BCUT2D eigenvalue weighted by Gasteiger charge is -2.34. The standard InChI is InChI=1S/C10H22N2/c1-10(2,3)6-8-7-12-5-4-9(8)11/h8-9,12H,4-7,11H2,1-3H3. The second-order valence-corrected chi connectivity index (χ2v) is 5.18. The van der Waals surface area contributed by atoms with Crippen molar-refractivity contribution in [2.45, 2.75) is 39.7 Å². The largest absolute Gasteiger partial charge is 0.327 e. The average Bonchev–Trinajstić information content (AvgIpc) is 1.91. The Labute approximate surface area is 75.9 Å². The van der Waals surface area contributed by atoms with Crippen molar-refractivity contribution in [3.63, 3.8) is 0 Å². The molecule has 2 heteroatoms. The average molecular weight is 170 g/mol. The van der Waals surface area contributed by atoms with E-state index in [0.29, 0.717) is 17.4 Å². The van der Waals surface area contributed by atoms with Gasteiger partial charge in [0, 0.05) is 6.04 Å². The lowest BCUT2D eigenvalue weighted by molar-refractivity contribution is 0.226. The molecule has 3 N–H and O–H groups in total. The van der Waals surface area contributed by atoms with Crippen LogP contribution < -0.4 is 11.1 Å². The van der Waals surface area contributed by atoms with Crippen molar-refractivity contribution in [2.75, 3.05) is 13.1 Å². The zero-order valence-electron chi connectivity index (χ0n) is 8.56. The molecular formula is C10H22N2. The number of hydrogen-bond donors (Lipinski definition) is 2. The molecule has 0 aromatic heterocycles. The van der Waals surface area contributed by atoms with Crippen molar-refractivity contribution in [1.29, 1.82) is 0 Å². The highest BCUT2D eigenvalue weighted by atomic mass is 14.9. The number of rotatable bonds is 1. The second kappa shape index (κ2) is 3.75. The molecule has 1 aliphatic rings. The first-order valence-corrected chi connectivity index (χ1v) is 4.95. The van der Waals surface area contributed by atoms with Crippen LogP contribution in [0.3, 0.4) is 0 Å². The monoisotopic (exact) mass is 170 g/mol. The summed E-state index contributed by atoms with van der Waals surface area (Å²) in [6.45, 7) is 9.07. The van der Waals surface area contributed by atoms with Gasteiger partial charge in [0.25, 0.3) is 0 Å². The second-order valence-electron chi connectivity index (χ2n) is 5.18. The van der Waals surface area contributed by atoms with Crippen LogP contribution in [0.15, 0.2) is 0 Å². The third kappa shape index (κ3) is 3.11. The fraction of sp³-hybridized carbons (Fsp3) is 1.00. The van der Waals surface area contributed by atoms with Gasteiger partial charge in [0.2, 0.25) is 0 Å². The molecule has 0 aliphatic carbocycles. The third-order valence-corrected chi connectivity index (χ3v) is 2.54. The summed E-state index contributed by atoms with van der Waals surface area (Å²) in [5.74, 6) is 0.679. The molecule has 72 valence electrons. The molecule has 0 bridgehead atoms. The molecule has 0 aromatic carbocycles. The minimum absolute atomic E-state index is 0.418. The van der Waals surface area contributed by atoms with E-state index in [1.807, 2.05) is 0 Å². The van der Waals surface area contributed by atoms with Gasteiger partial charge in [-0.1, -0.05) is 20.8 Å². The number of piperidine rings is 1. The molecule has 0 aromatic rings. The number of nitrogens with two attached hydrogens (primary N) is 1. The molecule has 2 nitrogen and oxygen atoms in total. The van der Waals surface area contributed by atoms with Crippen LogP contribution in [0, 0.1) is 11.3 Å². The van der Waals surface area contributed by atoms with E-state index in [0.717, 1.165) is 19.5 Å². The smallest absolute Gasteiger partial charge is 0.00915 e. The van der Waals surface area contributed by atoms with Crippen molar-refractivity contribution in [2.24, 2.45) is 17.1 Å². The van der Waals surface area contributed by atoms with Crippen LogP contribution in [0.1, 0.15) is 33.6 Å². The summed E-state index contributed by atoms with van der Waals surface area (Å²) in [5.41, 5.74) is 6.46. The summed E-state index contributed by atoms with van der Waals surface area (Å²) in [6, 6.07) is 0.422. The minimum atomic E-state index is 0.418. The first kappa shape index (κ1) is 10.0. The van der Waals surface area contributed by atoms with E-state index >= 15 is 0 Å². The van der Waals surface area contributed by atoms with Gasteiger partial charge in [-0.3, -0.25) is 0 Å². The molecule has 12 heavy (non-hydrogen) atoms. The van der Waals surface area contributed by atoms with E-state index in [9.17, 15) is 0 Å². The molecule has 1 heterocycles. The van der Waals surface area contributed by atoms with Gasteiger partial charge in [-0.15, -0.1) is 0 Å².